The van der Waals surface area contributed by atoms with Crippen molar-refractivity contribution in [2.24, 2.45) is 22.7 Å². The summed E-state index contributed by atoms with van der Waals surface area (Å²) >= 11 is 0. The Morgan fingerprint density at radius 1 is 1.15 bits per heavy atom. The average Bonchev–Trinajstić information content (AvgIpc) is 2.86. The third kappa shape index (κ3) is 1.93. The Kier molecular flexibility index (Phi) is 3.87. The zero-order chi connectivity index (χ0) is 19.1. The number of aliphatic hydroxyl groups excluding tert-OH is 2. The van der Waals surface area contributed by atoms with Crippen molar-refractivity contribution in [3.05, 3.63) is 11.6 Å². The highest BCUT2D eigenvalue weighted by Gasteiger charge is 2.76. The van der Waals surface area contributed by atoms with Gasteiger partial charge in [-0.2, -0.15) is 0 Å². The summed E-state index contributed by atoms with van der Waals surface area (Å²) in [5.41, 5.74) is -3.06. The number of hydrogen-bond acceptors (Lipinski definition) is 5. The van der Waals surface area contributed by atoms with Gasteiger partial charge in [-0.15, -0.1) is 0 Å². The maximum absolute atomic E-state index is 12.2. The van der Waals surface area contributed by atoms with E-state index < -0.39 is 28.6 Å². The zero-order valence-electron chi connectivity index (χ0n) is 16.0. The smallest absolute Gasteiger partial charge is 0.133 e. The van der Waals surface area contributed by atoms with Crippen LogP contribution in [0.3, 0.4) is 0 Å². The lowest BCUT2D eigenvalue weighted by molar-refractivity contribution is -0.297. The fourth-order valence-corrected chi connectivity index (χ4v) is 7.29. The molecule has 0 aromatic heterocycles. The van der Waals surface area contributed by atoms with Crippen LogP contribution in [-0.2, 0) is 4.79 Å². The first-order valence-corrected chi connectivity index (χ1v) is 10.0. The Morgan fingerprint density at radius 2 is 1.85 bits per heavy atom. The van der Waals surface area contributed by atoms with Crippen LogP contribution in [0.5, 0.6) is 0 Å². The van der Waals surface area contributed by atoms with Crippen LogP contribution >= 0.6 is 0 Å². The number of rotatable bonds is 1. The van der Waals surface area contributed by atoms with Crippen LogP contribution in [0.2, 0.25) is 0 Å². The van der Waals surface area contributed by atoms with Gasteiger partial charge in [0.15, 0.2) is 0 Å². The first-order valence-electron chi connectivity index (χ1n) is 10.0. The summed E-state index contributed by atoms with van der Waals surface area (Å²) in [4.78, 5) is 12.2. The molecule has 26 heavy (non-hydrogen) atoms. The van der Waals surface area contributed by atoms with Gasteiger partial charge in [0, 0.05) is 17.3 Å². The number of hydrogen-bond donors (Lipinski definition) is 4. The van der Waals surface area contributed by atoms with E-state index in [9.17, 15) is 25.2 Å². The van der Waals surface area contributed by atoms with Crippen molar-refractivity contribution < 1.29 is 25.2 Å². The van der Waals surface area contributed by atoms with Gasteiger partial charge in [-0.3, -0.25) is 4.79 Å². The molecule has 5 unspecified atom stereocenters. The largest absolute Gasteiger partial charge is 0.393 e. The summed E-state index contributed by atoms with van der Waals surface area (Å²) in [5, 5.41) is 44.9. The van der Waals surface area contributed by atoms with E-state index in [1.165, 1.54) is 6.92 Å². The molecule has 5 heteroatoms. The van der Waals surface area contributed by atoms with E-state index in [0.717, 1.165) is 12.0 Å². The highest BCUT2D eigenvalue weighted by atomic mass is 16.4. The first-order chi connectivity index (χ1) is 12.0. The maximum atomic E-state index is 12.2. The van der Waals surface area contributed by atoms with E-state index in [-0.39, 0.29) is 23.2 Å². The van der Waals surface area contributed by atoms with E-state index in [2.05, 4.69) is 6.92 Å². The van der Waals surface area contributed by atoms with Crippen molar-refractivity contribution in [3.63, 3.8) is 0 Å². The molecule has 0 aromatic rings. The van der Waals surface area contributed by atoms with E-state index in [1.54, 1.807) is 6.92 Å². The summed E-state index contributed by atoms with van der Waals surface area (Å²) in [6.07, 6.45) is 4.36. The van der Waals surface area contributed by atoms with Crippen molar-refractivity contribution in [3.8, 4) is 0 Å². The first kappa shape index (κ1) is 18.6. The van der Waals surface area contributed by atoms with Gasteiger partial charge in [-0.25, -0.2) is 0 Å². The molecular formula is C21H32O5. The fraction of sp³-hybridized carbons (Fsp3) is 0.857. The molecule has 8 atom stereocenters. The molecule has 4 N–H and O–H groups in total. The summed E-state index contributed by atoms with van der Waals surface area (Å²) < 4.78 is 0. The fourth-order valence-electron chi connectivity index (χ4n) is 7.29. The number of ketones is 1. The van der Waals surface area contributed by atoms with Gasteiger partial charge in [0.2, 0.25) is 0 Å². The molecular weight excluding hydrogens is 332 g/mol. The summed E-state index contributed by atoms with van der Waals surface area (Å²) in [5.74, 6) is -0.733. The van der Waals surface area contributed by atoms with Crippen LogP contribution in [0.4, 0.5) is 0 Å². The number of aliphatic hydroxyl groups is 4. The van der Waals surface area contributed by atoms with Crippen molar-refractivity contribution in [2.45, 2.75) is 89.1 Å². The van der Waals surface area contributed by atoms with Crippen LogP contribution < -0.4 is 0 Å². The van der Waals surface area contributed by atoms with Gasteiger partial charge in [0.05, 0.1) is 12.2 Å². The lowest BCUT2D eigenvalue weighted by atomic mass is 9.43. The lowest BCUT2D eigenvalue weighted by Crippen LogP contribution is -2.75. The molecule has 146 valence electrons. The molecule has 0 radical (unpaired) electrons. The molecule has 4 aliphatic rings. The predicted molar refractivity (Wildman–Crippen MR) is 96.2 cm³/mol. The molecule has 3 saturated carbocycles. The second-order valence-corrected chi connectivity index (χ2v) is 9.82. The van der Waals surface area contributed by atoms with E-state index in [1.807, 2.05) is 6.08 Å². The number of carbonyl (C=O) groups excluding carboxylic acids is 1. The minimum atomic E-state index is -1.49. The molecule has 0 heterocycles. The Bertz CT molecular complexity index is 673. The normalized spacial score (nSPS) is 56.2. The SMILES string of the molecule is CC(=O)C1CC[C@]2(O)C3(O)CC=C4C[C@@H](O)CCC4(C)C3C[C@@H](O)C12C. The van der Waals surface area contributed by atoms with Crippen molar-refractivity contribution in [1.29, 1.82) is 0 Å². The molecule has 0 aliphatic heterocycles. The zero-order valence-corrected chi connectivity index (χ0v) is 16.0. The van der Waals surface area contributed by atoms with E-state index >= 15 is 0 Å². The molecule has 4 aliphatic carbocycles. The number of carbonyl (C=O) groups is 1. The van der Waals surface area contributed by atoms with Gasteiger partial charge in [0.25, 0.3) is 0 Å². The minimum absolute atomic E-state index is 0.0245. The third-order valence-electron chi connectivity index (χ3n) is 8.96. The monoisotopic (exact) mass is 364 g/mol. The molecule has 0 spiro atoms. The van der Waals surface area contributed by atoms with Gasteiger partial charge in [-0.05, 0) is 57.3 Å². The predicted octanol–water partition coefficient (Wildman–Crippen LogP) is 1.72. The molecule has 4 rings (SSSR count). The van der Waals surface area contributed by atoms with Crippen molar-refractivity contribution in [1.82, 2.24) is 0 Å². The second-order valence-electron chi connectivity index (χ2n) is 9.82. The highest BCUT2D eigenvalue weighted by molar-refractivity contribution is 5.80. The van der Waals surface area contributed by atoms with E-state index in [0.29, 0.717) is 38.5 Å². The average molecular weight is 364 g/mol. The molecule has 0 amide bonds. The topological polar surface area (TPSA) is 98.0 Å². The molecule has 0 aromatic carbocycles. The van der Waals surface area contributed by atoms with Gasteiger partial charge in [-0.1, -0.05) is 25.5 Å². The van der Waals surface area contributed by atoms with E-state index in [4.69, 9.17) is 0 Å². The van der Waals surface area contributed by atoms with Crippen molar-refractivity contribution in [2.75, 3.05) is 0 Å². The molecule has 5 nitrogen and oxygen atoms in total. The van der Waals surface area contributed by atoms with Crippen LogP contribution in [0.25, 0.3) is 0 Å². The summed E-state index contributed by atoms with van der Waals surface area (Å²) in [6.45, 7) is 5.42. The Morgan fingerprint density at radius 3 is 2.50 bits per heavy atom. The third-order valence-corrected chi connectivity index (χ3v) is 8.96. The summed E-state index contributed by atoms with van der Waals surface area (Å²) in [6, 6.07) is 0. The van der Waals surface area contributed by atoms with Gasteiger partial charge < -0.3 is 20.4 Å². The maximum Gasteiger partial charge on any atom is 0.133 e. The highest BCUT2D eigenvalue weighted by Crippen LogP contribution is 2.69. The standard InChI is InChI=1S/C21H32O5/c1-12(22)15-6-9-21(26)19(15,3)17(24)11-16-18(2)7-5-14(23)10-13(18)4-8-20(16,21)25/h4,14-17,23-26H,5-11H2,1-3H3/t14-,15?,16?,17+,18?,19?,20?,21+/m0/s1. The van der Waals surface area contributed by atoms with Crippen LogP contribution in [0.15, 0.2) is 11.6 Å². The lowest BCUT2D eigenvalue weighted by Gasteiger charge is -2.66. The number of fused-ring (bicyclic) bond motifs is 5. The summed E-state index contributed by atoms with van der Waals surface area (Å²) in [7, 11) is 0. The van der Waals surface area contributed by atoms with Gasteiger partial charge in [0.1, 0.15) is 17.0 Å². The quantitative estimate of drug-likeness (QED) is 0.531. The molecule has 0 saturated heterocycles. The second kappa shape index (κ2) is 5.40. The van der Waals surface area contributed by atoms with Crippen LogP contribution in [0.1, 0.15) is 65.7 Å². The number of Topliss-reactive ketones (excluding diaryl/α,β-unsaturated/α-hetero) is 1. The van der Waals surface area contributed by atoms with Gasteiger partial charge >= 0.3 is 0 Å². The Hall–Kier alpha value is -0.750. The molecule has 0 bridgehead atoms. The minimum Gasteiger partial charge on any atom is -0.393 e. The van der Waals surface area contributed by atoms with Crippen LogP contribution in [0, 0.1) is 22.7 Å². The van der Waals surface area contributed by atoms with Crippen LogP contribution in [-0.4, -0.2) is 49.6 Å². The Labute approximate surface area is 155 Å². The Balaban J connectivity index is 1.84. The molecule has 3 fully saturated rings. The van der Waals surface area contributed by atoms with Crippen molar-refractivity contribution >= 4 is 5.78 Å².